The minimum atomic E-state index is -3.70. The molecule has 1 heterocycles. The molecule has 21 heavy (non-hydrogen) atoms. The van der Waals surface area contributed by atoms with E-state index in [1.807, 2.05) is 0 Å². The molecule has 0 spiro atoms. The first-order valence-corrected chi connectivity index (χ1v) is 8.72. The predicted molar refractivity (Wildman–Crippen MR) is 89.1 cm³/mol. The van der Waals surface area contributed by atoms with Crippen LogP contribution in [0.2, 0.25) is 10.0 Å². The third-order valence-corrected chi connectivity index (χ3v) is 5.92. The van der Waals surface area contributed by atoms with Gasteiger partial charge in [0.15, 0.2) is 0 Å². The van der Waals surface area contributed by atoms with Crippen molar-refractivity contribution in [2.45, 2.75) is 24.7 Å². The fourth-order valence-electron chi connectivity index (χ4n) is 2.35. The molecule has 1 saturated heterocycles. The first-order chi connectivity index (χ1) is 9.34. The van der Waals surface area contributed by atoms with Crippen molar-refractivity contribution in [2.24, 2.45) is 5.41 Å². The number of rotatable bonds is 4. The van der Waals surface area contributed by atoms with E-state index in [0.29, 0.717) is 6.54 Å². The molecule has 0 aromatic heterocycles. The van der Waals surface area contributed by atoms with Crippen LogP contribution in [-0.2, 0) is 10.0 Å². The molecule has 2 N–H and O–H groups in total. The molecule has 2 rings (SSSR count). The van der Waals surface area contributed by atoms with E-state index in [2.05, 4.69) is 17.0 Å². The van der Waals surface area contributed by atoms with Crippen LogP contribution in [0.1, 0.15) is 19.8 Å². The molecule has 1 aliphatic rings. The van der Waals surface area contributed by atoms with Crippen LogP contribution in [0.25, 0.3) is 0 Å². The highest BCUT2D eigenvalue weighted by Crippen LogP contribution is 2.30. The van der Waals surface area contributed by atoms with E-state index in [4.69, 9.17) is 23.2 Å². The Labute approximate surface area is 142 Å². The summed E-state index contributed by atoms with van der Waals surface area (Å²) in [4.78, 5) is -0.0456. The zero-order valence-electron chi connectivity index (χ0n) is 11.7. The summed E-state index contributed by atoms with van der Waals surface area (Å²) in [5.74, 6) is 0. The molecular formula is C13H19Cl3N2O2S. The SMILES string of the molecule is CC1(CNS(=O)(=O)c2c(Cl)cccc2Cl)CCCNC1.Cl. The molecule has 1 fully saturated rings. The molecular weight excluding hydrogens is 355 g/mol. The number of nitrogens with one attached hydrogen (secondary N) is 2. The maximum Gasteiger partial charge on any atom is 0.243 e. The number of halogens is 3. The van der Waals surface area contributed by atoms with Crippen LogP contribution in [0.5, 0.6) is 0 Å². The first kappa shape index (κ1) is 19.0. The molecule has 0 saturated carbocycles. The van der Waals surface area contributed by atoms with E-state index in [-0.39, 0.29) is 32.8 Å². The standard InChI is InChI=1S/C13H18Cl2N2O2S.ClH/c1-13(6-3-7-16-8-13)9-17-20(18,19)12-10(14)4-2-5-11(12)15;/h2,4-5,16-17H,3,6-9H2,1H3;1H. The largest absolute Gasteiger partial charge is 0.316 e. The van der Waals surface area contributed by atoms with Crippen molar-refractivity contribution in [3.05, 3.63) is 28.2 Å². The van der Waals surface area contributed by atoms with Crippen LogP contribution in [0.4, 0.5) is 0 Å². The van der Waals surface area contributed by atoms with Crippen LogP contribution in [0, 0.1) is 5.41 Å². The summed E-state index contributed by atoms with van der Waals surface area (Å²) in [6.45, 7) is 4.21. The number of sulfonamides is 1. The molecule has 0 amide bonds. The highest BCUT2D eigenvalue weighted by atomic mass is 35.5. The second-order valence-corrected chi connectivity index (χ2v) is 7.98. The van der Waals surface area contributed by atoms with Crippen LogP contribution in [0.15, 0.2) is 23.1 Å². The summed E-state index contributed by atoms with van der Waals surface area (Å²) in [6, 6.07) is 4.66. The van der Waals surface area contributed by atoms with Gasteiger partial charge in [-0.25, -0.2) is 13.1 Å². The number of piperidine rings is 1. The van der Waals surface area contributed by atoms with E-state index in [9.17, 15) is 8.42 Å². The topological polar surface area (TPSA) is 58.2 Å². The minimum Gasteiger partial charge on any atom is -0.316 e. The Balaban J connectivity index is 0.00000220. The second kappa shape index (κ2) is 7.49. The Morgan fingerprint density at radius 3 is 2.48 bits per heavy atom. The van der Waals surface area contributed by atoms with Gasteiger partial charge >= 0.3 is 0 Å². The second-order valence-electron chi connectivity index (χ2n) is 5.47. The molecule has 0 radical (unpaired) electrons. The third kappa shape index (κ3) is 4.71. The zero-order chi connectivity index (χ0) is 14.8. The molecule has 120 valence electrons. The molecule has 0 aliphatic carbocycles. The van der Waals surface area contributed by atoms with E-state index in [1.54, 1.807) is 6.07 Å². The minimum absolute atomic E-state index is 0. The summed E-state index contributed by atoms with van der Waals surface area (Å²) >= 11 is 11.9. The van der Waals surface area contributed by atoms with Crippen LogP contribution in [-0.4, -0.2) is 28.1 Å². The Morgan fingerprint density at radius 1 is 1.33 bits per heavy atom. The Morgan fingerprint density at radius 2 is 1.95 bits per heavy atom. The summed E-state index contributed by atoms with van der Waals surface area (Å²) in [7, 11) is -3.70. The van der Waals surface area contributed by atoms with Crippen LogP contribution in [0.3, 0.4) is 0 Å². The van der Waals surface area contributed by atoms with Crippen LogP contribution < -0.4 is 10.0 Å². The van der Waals surface area contributed by atoms with E-state index in [0.717, 1.165) is 25.9 Å². The maximum absolute atomic E-state index is 12.4. The number of benzene rings is 1. The van der Waals surface area contributed by atoms with Crippen molar-refractivity contribution >= 4 is 45.6 Å². The lowest BCUT2D eigenvalue weighted by Crippen LogP contribution is -2.45. The van der Waals surface area contributed by atoms with Gasteiger partial charge in [0.2, 0.25) is 10.0 Å². The van der Waals surface area contributed by atoms with Crippen molar-refractivity contribution in [1.82, 2.24) is 10.0 Å². The van der Waals surface area contributed by atoms with Gasteiger partial charge in [-0.2, -0.15) is 0 Å². The monoisotopic (exact) mass is 372 g/mol. The van der Waals surface area contributed by atoms with Crippen molar-refractivity contribution in [1.29, 1.82) is 0 Å². The van der Waals surface area contributed by atoms with Crippen molar-refractivity contribution in [3.63, 3.8) is 0 Å². The average Bonchev–Trinajstić information content (AvgIpc) is 2.37. The summed E-state index contributed by atoms with van der Waals surface area (Å²) in [5.41, 5.74) is -0.0843. The zero-order valence-corrected chi connectivity index (χ0v) is 14.8. The van der Waals surface area contributed by atoms with Crippen molar-refractivity contribution < 1.29 is 8.42 Å². The highest BCUT2D eigenvalue weighted by molar-refractivity contribution is 7.89. The van der Waals surface area contributed by atoms with Gasteiger partial charge in [-0.15, -0.1) is 12.4 Å². The van der Waals surface area contributed by atoms with Gasteiger partial charge in [-0.3, -0.25) is 0 Å². The molecule has 1 unspecified atom stereocenters. The van der Waals surface area contributed by atoms with Crippen molar-refractivity contribution in [3.8, 4) is 0 Å². The lowest BCUT2D eigenvalue weighted by atomic mass is 9.83. The Hall–Kier alpha value is -0.0400. The summed E-state index contributed by atoms with van der Waals surface area (Å²) in [5, 5.41) is 3.56. The van der Waals surface area contributed by atoms with Gasteiger partial charge in [0.05, 0.1) is 10.0 Å². The number of hydrogen-bond donors (Lipinski definition) is 2. The molecule has 1 aromatic carbocycles. The van der Waals surface area contributed by atoms with Gasteiger partial charge in [0.25, 0.3) is 0 Å². The lowest BCUT2D eigenvalue weighted by molar-refractivity contribution is 0.238. The van der Waals surface area contributed by atoms with Gasteiger partial charge in [-0.1, -0.05) is 36.2 Å². The molecule has 0 bridgehead atoms. The Kier molecular flexibility index (Phi) is 6.78. The first-order valence-electron chi connectivity index (χ1n) is 6.48. The fourth-order valence-corrected chi connectivity index (χ4v) is 4.69. The summed E-state index contributed by atoms with van der Waals surface area (Å²) in [6.07, 6.45) is 2.03. The molecule has 1 aliphatic heterocycles. The van der Waals surface area contributed by atoms with E-state index >= 15 is 0 Å². The smallest absolute Gasteiger partial charge is 0.243 e. The molecule has 1 atom stereocenters. The lowest BCUT2D eigenvalue weighted by Gasteiger charge is -2.34. The summed E-state index contributed by atoms with van der Waals surface area (Å²) < 4.78 is 27.3. The van der Waals surface area contributed by atoms with Crippen LogP contribution >= 0.6 is 35.6 Å². The van der Waals surface area contributed by atoms with Gasteiger partial charge in [0.1, 0.15) is 4.90 Å². The average molecular weight is 374 g/mol. The fraction of sp³-hybridized carbons (Fsp3) is 0.538. The van der Waals surface area contributed by atoms with E-state index in [1.165, 1.54) is 12.1 Å². The van der Waals surface area contributed by atoms with E-state index < -0.39 is 10.0 Å². The normalized spacial score (nSPS) is 22.6. The quantitative estimate of drug-likeness (QED) is 0.852. The molecule has 1 aromatic rings. The highest BCUT2D eigenvalue weighted by Gasteiger charge is 2.30. The van der Waals surface area contributed by atoms with Gasteiger partial charge < -0.3 is 5.32 Å². The van der Waals surface area contributed by atoms with Crippen molar-refractivity contribution in [2.75, 3.05) is 19.6 Å². The third-order valence-electron chi connectivity index (χ3n) is 3.56. The molecule has 8 heteroatoms. The maximum atomic E-state index is 12.4. The number of hydrogen-bond acceptors (Lipinski definition) is 3. The predicted octanol–water partition coefficient (Wildman–Crippen LogP) is 3.08. The van der Waals surface area contributed by atoms with Gasteiger partial charge in [0, 0.05) is 13.1 Å². The molecule has 4 nitrogen and oxygen atoms in total. The Bertz CT molecular complexity index is 567. The van der Waals surface area contributed by atoms with Gasteiger partial charge in [-0.05, 0) is 36.9 Å².